The molecule has 8 nitrogen and oxygen atoms in total. The van der Waals surface area contributed by atoms with E-state index in [4.69, 9.17) is 9.47 Å². The van der Waals surface area contributed by atoms with Crippen molar-refractivity contribution in [1.82, 2.24) is 5.01 Å². The van der Waals surface area contributed by atoms with Gasteiger partial charge < -0.3 is 9.47 Å². The molecule has 1 heterocycles. The van der Waals surface area contributed by atoms with Crippen molar-refractivity contribution in [1.29, 1.82) is 0 Å². The Bertz CT molecular complexity index is 854. The highest BCUT2D eigenvalue weighted by molar-refractivity contribution is 8.15. The molecule has 0 saturated carbocycles. The molecule has 1 aliphatic heterocycles. The normalized spacial score (nSPS) is 25.2. The second-order valence-corrected chi connectivity index (χ2v) is 6.79. The fraction of sp³-hybridized carbons (Fsp3) is 0.211. The molecule has 2 atom stereocenters. The number of nitrogens with zero attached hydrogens (tertiary/aromatic N) is 4. The van der Waals surface area contributed by atoms with Crippen molar-refractivity contribution < 1.29 is 19.1 Å². The highest BCUT2D eigenvalue weighted by Crippen LogP contribution is 2.34. The van der Waals surface area contributed by atoms with Crippen LogP contribution in [0.4, 0.5) is 0 Å². The van der Waals surface area contributed by atoms with Gasteiger partial charge in [0.15, 0.2) is 6.04 Å². The highest BCUT2D eigenvalue weighted by Gasteiger charge is 2.49. The molecule has 2 aliphatic carbocycles. The number of methoxy groups -OCH3 is 2. The van der Waals surface area contributed by atoms with Crippen molar-refractivity contribution in [3.8, 4) is 0 Å². The molecule has 0 bridgehead atoms. The lowest BCUT2D eigenvalue weighted by atomic mass is 10.2. The summed E-state index contributed by atoms with van der Waals surface area (Å²) in [6.07, 6.45) is 18.1. The van der Waals surface area contributed by atoms with Crippen molar-refractivity contribution in [2.75, 3.05) is 14.2 Å². The maximum Gasteiger partial charge on any atom is 0.332 e. The molecule has 0 aromatic rings. The Morgan fingerprint density at radius 1 is 1.07 bits per heavy atom. The van der Waals surface area contributed by atoms with Crippen LogP contribution in [0.3, 0.4) is 0 Å². The number of ether oxygens (including phenoxy) is 2. The van der Waals surface area contributed by atoms with Gasteiger partial charge in [0, 0.05) is 12.8 Å². The third-order valence-electron chi connectivity index (χ3n) is 3.91. The van der Waals surface area contributed by atoms with Gasteiger partial charge in [0.1, 0.15) is 5.25 Å². The van der Waals surface area contributed by atoms with Crippen LogP contribution in [0.2, 0.25) is 0 Å². The molecule has 0 spiro atoms. The summed E-state index contributed by atoms with van der Waals surface area (Å²) in [5, 5.41) is 13.3. The van der Waals surface area contributed by atoms with Crippen LogP contribution in [-0.2, 0) is 19.1 Å². The van der Waals surface area contributed by atoms with Gasteiger partial charge >= 0.3 is 11.9 Å². The van der Waals surface area contributed by atoms with Gasteiger partial charge in [-0.3, -0.25) is 4.79 Å². The van der Waals surface area contributed by atoms with Crippen LogP contribution in [0, 0.1) is 12.8 Å². The zero-order chi connectivity index (χ0) is 19.9. The maximum absolute atomic E-state index is 12.4. The zero-order valence-electron chi connectivity index (χ0n) is 15.3. The van der Waals surface area contributed by atoms with Gasteiger partial charge in [-0.2, -0.15) is 10.2 Å². The number of carbonyl (C=O) groups excluding carboxylic acids is 2. The lowest BCUT2D eigenvalue weighted by Gasteiger charge is -2.20. The number of hydrazone groups is 1. The smallest absolute Gasteiger partial charge is 0.332 e. The van der Waals surface area contributed by atoms with Crippen molar-refractivity contribution in [3.63, 3.8) is 0 Å². The van der Waals surface area contributed by atoms with Crippen LogP contribution in [0.15, 0.2) is 62.9 Å². The predicted octanol–water partition coefficient (Wildman–Crippen LogP) is 1.85. The zero-order valence-corrected chi connectivity index (χ0v) is 16.1. The van der Waals surface area contributed by atoms with Crippen LogP contribution in [0.5, 0.6) is 0 Å². The van der Waals surface area contributed by atoms with Crippen LogP contribution >= 0.6 is 11.8 Å². The molecule has 28 heavy (non-hydrogen) atoms. The topological polar surface area (TPSA) is 92.9 Å². The van der Waals surface area contributed by atoms with E-state index in [1.165, 1.54) is 19.2 Å². The fourth-order valence-corrected chi connectivity index (χ4v) is 3.67. The number of rotatable bonds is 6. The standard InChI is InChI=1S/C19H18N4O4S/c1-26-17(24)15-16(18(25)27-2)28-19(22-20-11-13-7-3-4-8-13)23(15)21-12-14-9-5-6-10-14/h3-12,15-16H,1-2H3/b20-11+,21-12+,22-19-/t15-,16?/m1/s1. The average Bonchev–Trinajstić information content (AvgIpc) is 3.46. The molecule has 9 heteroatoms. The summed E-state index contributed by atoms with van der Waals surface area (Å²) in [7, 11) is 2.51. The second kappa shape index (κ2) is 9.32. The van der Waals surface area contributed by atoms with Crippen LogP contribution < -0.4 is 0 Å². The third-order valence-corrected chi connectivity index (χ3v) is 5.10. The summed E-state index contributed by atoms with van der Waals surface area (Å²) in [6, 6.07) is -1.01. The number of amidine groups is 1. The summed E-state index contributed by atoms with van der Waals surface area (Å²) >= 11 is 1.05. The van der Waals surface area contributed by atoms with Gasteiger partial charge in [-0.15, -0.1) is 5.10 Å². The maximum atomic E-state index is 12.4. The van der Waals surface area contributed by atoms with Crippen LogP contribution in [0.25, 0.3) is 0 Å². The molecule has 3 aliphatic rings. The number of hydrogen-bond donors (Lipinski definition) is 0. The van der Waals surface area contributed by atoms with E-state index in [2.05, 4.69) is 15.3 Å². The van der Waals surface area contributed by atoms with Crippen LogP contribution in [0.1, 0.15) is 0 Å². The number of carbonyl (C=O) groups is 2. The van der Waals surface area contributed by atoms with Gasteiger partial charge in [0.05, 0.1) is 26.6 Å². The number of esters is 2. The van der Waals surface area contributed by atoms with Gasteiger partial charge in [0.2, 0.25) is 5.17 Å². The Morgan fingerprint density at radius 3 is 2.54 bits per heavy atom. The number of allylic oxidation sites excluding steroid dienone is 8. The lowest BCUT2D eigenvalue weighted by Crippen LogP contribution is -2.44. The van der Waals surface area contributed by atoms with E-state index < -0.39 is 23.2 Å². The van der Waals surface area contributed by atoms with Crippen molar-refractivity contribution in [2.45, 2.75) is 11.3 Å². The first-order chi connectivity index (χ1) is 13.6. The summed E-state index contributed by atoms with van der Waals surface area (Å²) in [4.78, 5) is 24.6. The van der Waals surface area contributed by atoms with E-state index in [1.807, 2.05) is 49.3 Å². The molecule has 0 aromatic carbocycles. The third kappa shape index (κ3) is 4.48. The second-order valence-electron chi connectivity index (χ2n) is 5.68. The Hall–Kier alpha value is -2.94. The van der Waals surface area contributed by atoms with Gasteiger partial charge in [-0.1, -0.05) is 48.2 Å². The van der Waals surface area contributed by atoms with Crippen molar-refractivity contribution >= 4 is 41.3 Å². The molecule has 0 aromatic heterocycles. The molecule has 0 N–H and O–H groups in total. The van der Waals surface area contributed by atoms with Crippen molar-refractivity contribution in [3.05, 3.63) is 60.4 Å². The van der Waals surface area contributed by atoms with E-state index >= 15 is 0 Å². The average molecular weight is 398 g/mol. The van der Waals surface area contributed by atoms with Gasteiger partial charge in [0.25, 0.3) is 0 Å². The summed E-state index contributed by atoms with van der Waals surface area (Å²) in [6.45, 7) is 0. The minimum Gasteiger partial charge on any atom is -0.468 e. The molecule has 1 unspecified atom stereocenters. The SMILES string of the molecule is COC(=O)C1S/C(=N\N=C\C2=C[CH]C=C2)N(/N=C/C2=CC=C[CH]2)[C@H]1C(=O)OC. The molecule has 1 fully saturated rings. The first-order valence-corrected chi connectivity index (χ1v) is 9.22. The monoisotopic (exact) mass is 398 g/mol. The van der Waals surface area contributed by atoms with E-state index in [-0.39, 0.29) is 5.17 Å². The summed E-state index contributed by atoms with van der Waals surface area (Å²) in [5.41, 5.74) is 1.72. The van der Waals surface area contributed by atoms with Crippen LogP contribution in [-0.4, -0.2) is 60.1 Å². The molecular weight excluding hydrogens is 380 g/mol. The van der Waals surface area contributed by atoms with Gasteiger partial charge in [-0.05, 0) is 11.1 Å². The highest BCUT2D eigenvalue weighted by atomic mass is 32.2. The largest absolute Gasteiger partial charge is 0.468 e. The van der Waals surface area contributed by atoms with Crippen molar-refractivity contribution in [2.24, 2.45) is 15.3 Å². The predicted molar refractivity (Wildman–Crippen MR) is 109 cm³/mol. The quantitative estimate of drug-likeness (QED) is 0.385. The Morgan fingerprint density at radius 2 is 1.89 bits per heavy atom. The first-order valence-electron chi connectivity index (χ1n) is 8.34. The lowest BCUT2D eigenvalue weighted by molar-refractivity contribution is -0.150. The van der Waals surface area contributed by atoms with E-state index in [1.54, 1.807) is 12.4 Å². The first kappa shape index (κ1) is 19.8. The Labute approximate surface area is 167 Å². The Kier molecular flexibility index (Phi) is 6.59. The molecule has 3 rings (SSSR count). The molecule has 0 amide bonds. The van der Waals surface area contributed by atoms with E-state index in [0.29, 0.717) is 0 Å². The van der Waals surface area contributed by atoms with E-state index in [9.17, 15) is 9.59 Å². The summed E-state index contributed by atoms with van der Waals surface area (Å²) in [5.74, 6) is -1.19. The number of thioether (sulfide) groups is 1. The molecule has 1 saturated heterocycles. The molecule has 144 valence electrons. The fourth-order valence-electron chi connectivity index (χ4n) is 2.53. The molecule has 2 radical (unpaired) electrons. The minimum atomic E-state index is -1.01. The Balaban J connectivity index is 1.90. The molecular formula is C19H18N4O4S. The van der Waals surface area contributed by atoms with E-state index in [0.717, 1.165) is 22.9 Å². The minimum absolute atomic E-state index is 0.288. The number of hydrogen-bond acceptors (Lipinski definition) is 8. The van der Waals surface area contributed by atoms with Gasteiger partial charge in [-0.25, -0.2) is 9.80 Å². The summed E-state index contributed by atoms with van der Waals surface area (Å²) < 4.78 is 9.70.